The summed E-state index contributed by atoms with van der Waals surface area (Å²) in [5.41, 5.74) is 9.21. The van der Waals surface area contributed by atoms with Crippen LogP contribution in [-0.4, -0.2) is 18.0 Å². The number of hydrogen-bond donors (Lipinski definition) is 0. The molecule has 154 valence electrons. The van der Waals surface area contributed by atoms with Crippen molar-refractivity contribution in [3.63, 3.8) is 0 Å². The summed E-state index contributed by atoms with van der Waals surface area (Å²) in [4.78, 5) is 2.48. The second-order valence-electron chi connectivity index (χ2n) is 8.37. The molecule has 0 amide bonds. The third-order valence-electron chi connectivity index (χ3n) is 6.82. The minimum atomic E-state index is -0.298. The van der Waals surface area contributed by atoms with Crippen LogP contribution in [-0.2, 0) is 12.0 Å². The fourth-order valence-electron chi connectivity index (χ4n) is 5.30. The first-order chi connectivity index (χ1) is 15.3. The zero-order chi connectivity index (χ0) is 21.3. The van der Waals surface area contributed by atoms with E-state index in [-0.39, 0.29) is 5.41 Å². The van der Waals surface area contributed by atoms with E-state index in [0.29, 0.717) is 0 Å². The highest BCUT2D eigenvalue weighted by Crippen LogP contribution is 2.56. The van der Waals surface area contributed by atoms with E-state index in [9.17, 15) is 0 Å². The number of nitrogens with zero attached hydrogens (tertiary/aromatic N) is 1. The van der Waals surface area contributed by atoms with Crippen molar-refractivity contribution < 1.29 is 0 Å². The van der Waals surface area contributed by atoms with Gasteiger partial charge in [-0.3, -0.25) is 4.90 Å². The molecule has 31 heavy (non-hydrogen) atoms. The highest BCUT2D eigenvalue weighted by Gasteiger charge is 2.45. The molecule has 0 saturated heterocycles. The molecule has 0 N–H and O–H groups in total. The van der Waals surface area contributed by atoms with Gasteiger partial charge in [-0.05, 0) is 52.0 Å². The maximum absolute atomic E-state index is 2.48. The summed E-state index contributed by atoms with van der Waals surface area (Å²) in [5, 5.41) is 0. The number of benzene rings is 4. The highest BCUT2D eigenvalue weighted by molar-refractivity contribution is 5.86. The summed E-state index contributed by atoms with van der Waals surface area (Å²) in [6.45, 7) is 7.60. The van der Waals surface area contributed by atoms with Crippen molar-refractivity contribution in [2.45, 2.75) is 25.8 Å². The molecule has 0 atom stereocenters. The van der Waals surface area contributed by atoms with Gasteiger partial charge in [0, 0.05) is 6.54 Å². The summed E-state index contributed by atoms with van der Waals surface area (Å²) in [5.74, 6) is 0. The maximum Gasteiger partial charge on any atom is 0.0713 e. The van der Waals surface area contributed by atoms with Crippen molar-refractivity contribution >= 4 is 0 Å². The predicted octanol–water partition coefficient (Wildman–Crippen LogP) is 6.89. The average Bonchev–Trinajstić information content (AvgIpc) is 3.14. The molecule has 1 heteroatoms. The van der Waals surface area contributed by atoms with E-state index in [4.69, 9.17) is 0 Å². The Morgan fingerprint density at radius 1 is 0.581 bits per heavy atom. The van der Waals surface area contributed by atoms with Crippen LogP contribution in [0.15, 0.2) is 103 Å². The van der Waals surface area contributed by atoms with Gasteiger partial charge in [-0.1, -0.05) is 117 Å². The van der Waals surface area contributed by atoms with E-state index >= 15 is 0 Å². The van der Waals surface area contributed by atoms with E-state index in [0.717, 1.165) is 19.6 Å². The molecule has 0 aliphatic heterocycles. The van der Waals surface area contributed by atoms with Crippen LogP contribution < -0.4 is 0 Å². The Morgan fingerprint density at radius 3 is 1.74 bits per heavy atom. The Labute approximate surface area is 186 Å². The van der Waals surface area contributed by atoms with Crippen LogP contribution in [0.25, 0.3) is 11.1 Å². The van der Waals surface area contributed by atoms with Crippen molar-refractivity contribution in [3.05, 3.63) is 131 Å². The molecule has 0 radical (unpaired) electrons. The average molecular weight is 404 g/mol. The molecule has 0 fully saturated rings. The van der Waals surface area contributed by atoms with Crippen LogP contribution in [0.4, 0.5) is 0 Å². The van der Waals surface area contributed by atoms with E-state index in [1.807, 2.05) is 0 Å². The van der Waals surface area contributed by atoms with E-state index < -0.39 is 0 Å². The van der Waals surface area contributed by atoms with Crippen molar-refractivity contribution in [2.24, 2.45) is 0 Å². The molecular weight excluding hydrogens is 374 g/mol. The van der Waals surface area contributed by atoms with E-state index in [2.05, 4.69) is 122 Å². The largest absolute Gasteiger partial charge is 0.300 e. The number of hydrogen-bond acceptors (Lipinski definition) is 1. The van der Waals surface area contributed by atoms with Gasteiger partial charge >= 0.3 is 0 Å². The van der Waals surface area contributed by atoms with Gasteiger partial charge in [0.1, 0.15) is 0 Å². The molecule has 1 aliphatic carbocycles. The van der Waals surface area contributed by atoms with Gasteiger partial charge in [0.2, 0.25) is 0 Å². The third-order valence-corrected chi connectivity index (χ3v) is 6.82. The molecule has 0 aromatic heterocycles. The van der Waals surface area contributed by atoms with Gasteiger partial charge in [0.15, 0.2) is 0 Å². The van der Waals surface area contributed by atoms with Gasteiger partial charge < -0.3 is 0 Å². The van der Waals surface area contributed by atoms with Crippen LogP contribution in [0.5, 0.6) is 0 Å². The Bertz CT molecular complexity index is 1130. The molecular formula is C30H29N. The molecule has 0 unspecified atom stereocenters. The number of fused-ring (bicyclic) bond motifs is 3. The third kappa shape index (κ3) is 3.12. The van der Waals surface area contributed by atoms with Crippen molar-refractivity contribution in [1.29, 1.82) is 0 Å². The van der Waals surface area contributed by atoms with Gasteiger partial charge in [-0.2, -0.15) is 0 Å². The Kier molecular flexibility index (Phi) is 5.21. The first-order valence-corrected chi connectivity index (χ1v) is 11.4. The smallest absolute Gasteiger partial charge is 0.0713 e. The van der Waals surface area contributed by atoms with Gasteiger partial charge in [-0.15, -0.1) is 0 Å². The molecule has 0 spiro atoms. The molecule has 4 aromatic carbocycles. The SMILES string of the molecule is CCN(CC)Cc1ccc2c(c1)C(c1ccccc1)(c1ccccc1)c1ccccc1-2. The Morgan fingerprint density at radius 2 is 1.13 bits per heavy atom. The fraction of sp³-hybridized carbons (Fsp3) is 0.200. The quantitative estimate of drug-likeness (QED) is 0.298. The van der Waals surface area contributed by atoms with Crippen molar-refractivity contribution in [1.82, 2.24) is 4.90 Å². The summed E-state index contributed by atoms with van der Waals surface area (Å²) in [6, 6.07) is 38.1. The topological polar surface area (TPSA) is 3.24 Å². The predicted molar refractivity (Wildman–Crippen MR) is 130 cm³/mol. The molecule has 0 heterocycles. The second-order valence-corrected chi connectivity index (χ2v) is 8.37. The minimum absolute atomic E-state index is 0.298. The van der Waals surface area contributed by atoms with Crippen LogP contribution in [0, 0.1) is 0 Å². The van der Waals surface area contributed by atoms with Gasteiger partial charge in [-0.25, -0.2) is 0 Å². The molecule has 1 aliphatic rings. The lowest BCUT2D eigenvalue weighted by atomic mass is 9.67. The summed E-state index contributed by atoms with van der Waals surface area (Å²) in [7, 11) is 0. The zero-order valence-electron chi connectivity index (χ0n) is 18.4. The summed E-state index contributed by atoms with van der Waals surface area (Å²) in [6.07, 6.45) is 0. The van der Waals surface area contributed by atoms with Gasteiger partial charge in [0.05, 0.1) is 5.41 Å². The van der Waals surface area contributed by atoms with Crippen LogP contribution in [0.2, 0.25) is 0 Å². The lowest BCUT2D eigenvalue weighted by molar-refractivity contribution is 0.296. The van der Waals surface area contributed by atoms with Crippen LogP contribution in [0.1, 0.15) is 41.7 Å². The lowest BCUT2D eigenvalue weighted by Crippen LogP contribution is -2.29. The Balaban J connectivity index is 1.83. The van der Waals surface area contributed by atoms with Crippen molar-refractivity contribution in [2.75, 3.05) is 13.1 Å². The number of rotatable bonds is 6. The molecule has 0 saturated carbocycles. The molecule has 1 nitrogen and oxygen atoms in total. The molecule has 0 bridgehead atoms. The maximum atomic E-state index is 2.48. The van der Waals surface area contributed by atoms with E-state index in [1.165, 1.54) is 38.9 Å². The van der Waals surface area contributed by atoms with Gasteiger partial charge in [0.25, 0.3) is 0 Å². The normalized spacial score (nSPS) is 13.8. The van der Waals surface area contributed by atoms with Crippen LogP contribution in [0.3, 0.4) is 0 Å². The summed E-state index contributed by atoms with van der Waals surface area (Å²) >= 11 is 0. The minimum Gasteiger partial charge on any atom is -0.300 e. The second kappa shape index (κ2) is 8.17. The van der Waals surface area contributed by atoms with E-state index in [1.54, 1.807) is 0 Å². The summed E-state index contributed by atoms with van der Waals surface area (Å²) < 4.78 is 0. The fourth-order valence-corrected chi connectivity index (χ4v) is 5.30. The van der Waals surface area contributed by atoms with Crippen molar-refractivity contribution in [3.8, 4) is 11.1 Å². The standard InChI is InChI=1S/C30H29N/c1-3-31(4-2)22-23-19-20-27-26-17-11-12-18-28(26)30(29(27)21-23,24-13-7-5-8-14-24)25-15-9-6-10-16-25/h5-21H,3-4,22H2,1-2H3. The highest BCUT2D eigenvalue weighted by atomic mass is 15.1. The lowest BCUT2D eigenvalue weighted by Gasteiger charge is -2.34. The van der Waals surface area contributed by atoms with Crippen LogP contribution >= 0.6 is 0 Å². The first-order valence-electron chi connectivity index (χ1n) is 11.4. The zero-order valence-corrected chi connectivity index (χ0v) is 18.4. The Hall–Kier alpha value is -3.16. The monoisotopic (exact) mass is 403 g/mol. The molecule has 5 rings (SSSR count). The first kappa shape index (κ1) is 19.8. The molecule has 4 aromatic rings.